The first-order valence-electron chi connectivity index (χ1n) is 19.7. The second-order valence-corrected chi connectivity index (χ2v) is 15.0. The third-order valence-electron chi connectivity index (χ3n) is 11.7. The van der Waals surface area contributed by atoms with Gasteiger partial charge in [0.05, 0.1) is 39.0 Å². The molecule has 0 atom stereocenters. The van der Waals surface area contributed by atoms with E-state index in [1.54, 1.807) is 0 Å². The fourth-order valence-corrected chi connectivity index (χ4v) is 9.00. The highest BCUT2D eigenvalue weighted by molar-refractivity contribution is 6.22. The highest BCUT2D eigenvalue weighted by Crippen LogP contribution is 2.41. The average Bonchev–Trinajstić information content (AvgIpc) is 3.87. The predicted octanol–water partition coefficient (Wildman–Crippen LogP) is 14.0. The summed E-state index contributed by atoms with van der Waals surface area (Å²) < 4.78 is 4.72. The molecule has 0 amide bonds. The van der Waals surface area contributed by atoms with E-state index in [9.17, 15) is 0 Å². The summed E-state index contributed by atoms with van der Waals surface area (Å²) in [7, 11) is 0. The van der Waals surface area contributed by atoms with Gasteiger partial charge in [0.15, 0.2) is 0 Å². The van der Waals surface area contributed by atoms with Crippen LogP contribution < -0.4 is 0 Å². The molecule has 0 unspecified atom stereocenters. The van der Waals surface area contributed by atoms with Crippen molar-refractivity contribution < 1.29 is 0 Å². The van der Waals surface area contributed by atoms with Crippen molar-refractivity contribution in [2.45, 2.75) is 0 Å². The standard InChI is InChI=1S/C54H34N4/c1-3-13-35(14-4-1)37-23-27-39(28-24-37)47-34-48(40-29-25-38(26-30-40)36-15-5-2-6-16-36)56-54(55-47)58-50-22-12-10-20-44(50)45-31-32-51-46(53(45)58)33-52-43-19-8-7-17-41(43)42-18-9-11-21-49(42)57(51)52/h1-34H. The van der Waals surface area contributed by atoms with Gasteiger partial charge in [-0.2, -0.15) is 0 Å². The van der Waals surface area contributed by atoms with E-state index < -0.39 is 0 Å². The molecule has 12 aromatic rings. The quantitative estimate of drug-likeness (QED) is 0.165. The summed E-state index contributed by atoms with van der Waals surface area (Å²) in [6.07, 6.45) is 0. The maximum absolute atomic E-state index is 5.45. The van der Waals surface area contributed by atoms with Crippen molar-refractivity contribution in [2.24, 2.45) is 0 Å². The van der Waals surface area contributed by atoms with E-state index in [1.807, 2.05) is 0 Å². The van der Waals surface area contributed by atoms with Crippen molar-refractivity contribution in [1.82, 2.24) is 18.9 Å². The van der Waals surface area contributed by atoms with Gasteiger partial charge in [-0.25, -0.2) is 9.97 Å². The van der Waals surface area contributed by atoms with Crippen LogP contribution in [0.15, 0.2) is 206 Å². The number of fused-ring (bicyclic) bond motifs is 12. The molecule has 0 fully saturated rings. The molecule has 0 saturated heterocycles. The number of nitrogens with zero attached hydrogens (tertiary/aromatic N) is 4. The van der Waals surface area contributed by atoms with Gasteiger partial charge in [-0.1, -0.05) is 176 Å². The lowest BCUT2D eigenvalue weighted by molar-refractivity contribution is 0.998. The van der Waals surface area contributed by atoms with Crippen LogP contribution in [-0.2, 0) is 0 Å². The fourth-order valence-electron chi connectivity index (χ4n) is 9.00. The third kappa shape index (κ3) is 5.02. The summed E-state index contributed by atoms with van der Waals surface area (Å²) in [6.45, 7) is 0. The second kappa shape index (κ2) is 12.9. The van der Waals surface area contributed by atoms with Crippen molar-refractivity contribution >= 4 is 59.9 Å². The molecular weight excluding hydrogens is 705 g/mol. The summed E-state index contributed by atoms with van der Waals surface area (Å²) >= 11 is 0. The van der Waals surface area contributed by atoms with Crippen LogP contribution in [0.25, 0.3) is 111 Å². The molecule has 4 heteroatoms. The Kier molecular flexibility index (Phi) is 7.20. The Morgan fingerprint density at radius 2 is 0.707 bits per heavy atom. The Hall–Kier alpha value is -7.82. The highest BCUT2D eigenvalue weighted by Gasteiger charge is 2.21. The van der Waals surface area contributed by atoms with Gasteiger partial charge >= 0.3 is 0 Å². The zero-order valence-corrected chi connectivity index (χ0v) is 31.4. The van der Waals surface area contributed by atoms with Crippen molar-refractivity contribution in [3.63, 3.8) is 0 Å². The lowest BCUT2D eigenvalue weighted by atomic mass is 10.0. The third-order valence-corrected chi connectivity index (χ3v) is 11.7. The second-order valence-electron chi connectivity index (χ2n) is 15.0. The van der Waals surface area contributed by atoms with E-state index >= 15 is 0 Å². The first-order valence-corrected chi connectivity index (χ1v) is 19.7. The molecule has 4 aromatic heterocycles. The first kappa shape index (κ1) is 32.4. The van der Waals surface area contributed by atoms with E-state index in [0.29, 0.717) is 5.95 Å². The Morgan fingerprint density at radius 1 is 0.276 bits per heavy atom. The van der Waals surface area contributed by atoms with Gasteiger partial charge in [-0.05, 0) is 58.0 Å². The lowest BCUT2D eigenvalue weighted by Gasteiger charge is -2.13. The number of hydrogen-bond donors (Lipinski definition) is 0. The minimum Gasteiger partial charge on any atom is -0.309 e. The van der Waals surface area contributed by atoms with Gasteiger partial charge in [0.2, 0.25) is 5.95 Å². The van der Waals surface area contributed by atoms with Crippen LogP contribution >= 0.6 is 0 Å². The molecule has 270 valence electrons. The van der Waals surface area contributed by atoms with Crippen molar-refractivity contribution in [1.29, 1.82) is 0 Å². The molecule has 4 nitrogen and oxygen atoms in total. The topological polar surface area (TPSA) is 35.1 Å². The molecule has 0 spiro atoms. The molecule has 4 heterocycles. The summed E-state index contributed by atoms with van der Waals surface area (Å²) in [6, 6.07) is 73.7. The minimum absolute atomic E-state index is 0.635. The van der Waals surface area contributed by atoms with E-state index in [1.165, 1.54) is 60.2 Å². The van der Waals surface area contributed by atoms with Crippen LogP contribution in [0, 0.1) is 0 Å². The van der Waals surface area contributed by atoms with Crippen LogP contribution in [0.3, 0.4) is 0 Å². The zero-order valence-electron chi connectivity index (χ0n) is 31.4. The normalized spacial score (nSPS) is 11.8. The fraction of sp³-hybridized carbons (Fsp3) is 0. The van der Waals surface area contributed by atoms with Crippen molar-refractivity contribution in [3.8, 4) is 50.7 Å². The van der Waals surface area contributed by atoms with Crippen molar-refractivity contribution in [3.05, 3.63) is 206 Å². The van der Waals surface area contributed by atoms with Gasteiger partial charge < -0.3 is 4.40 Å². The molecule has 58 heavy (non-hydrogen) atoms. The maximum atomic E-state index is 5.45. The SMILES string of the molecule is c1ccc(-c2ccc(-c3cc(-c4ccc(-c5ccccc5)cc4)nc(-n4c5ccccc5c5ccc6c(cc7c8ccccc8c8ccccc8n76)c54)n3)cc2)cc1. The molecular formula is C54H34N4. The minimum atomic E-state index is 0.635. The number of hydrogen-bond acceptors (Lipinski definition) is 2. The Labute approximate surface area is 334 Å². The number of para-hydroxylation sites is 2. The van der Waals surface area contributed by atoms with Gasteiger partial charge in [0, 0.05) is 38.1 Å². The monoisotopic (exact) mass is 738 g/mol. The number of aromatic nitrogens is 4. The van der Waals surface area contributed by atoms with Gasteiger partial charge in [0.1, 0.15) is 0 Å². The van der Waals surface area contributed by atoms with E-state index in [-0.39, 0.29) is 0 Å². The molecule has 0 bridgehead atoms. The van der Waals surface area contributed by atoms with Crippen LogP contribution in [0.2, 0.25) is 0 Å². The molecule has 0 aliphatic carbocycles. The Morgan fingerprint density at radius 3 is 1.29 bits per heavy atom. The van der Waals surface area contributed by atoms with E-state index in [4.69, 9.17) is 9.97 Å². The molecule has 0 aliphatic rings. The number of benzene rings is 8. The van der Waals surface area contributed by atoms with Gasteiger partial charge in [-0.15, -0.1) is 0 Å². The lowest BCUT2D eigenvalue weighted by Crippen LogP contribution is -2.04. The maximum Gasteiger partial charge on any atom is 0.235 e. The molecule has 0 saturated carbocycles. The number of rotatable bonds is 5. The number of pyridine rings is 1. The predicted molar refractivity (Wildman–Crippen MR) is 242 cm³/mol. The Bertz CT molecular complexity index is 3420. The Balaban J connectivity index is 1.14. The van der Waals surface area contributed by atoms with Gasteiger partial charge in [0.25, 0.3) is 0 Å². The molecule has 0 aliphatic heterocycles. The molecule has 0 N–H and O–H groups in total. The van der Waals surface area contributed by atoms with Crippen LogP contribution in [0.5, 0.6) is 0 Å². The smallest absolute Gasteiger partial charge is 0.235 e. The zero-order chi connectivity index (χ0) is 38.2. The van der Waals surface area contributed by atoms with Crippen molar-refractivity contribution in [2.75, 3.05) is 0 Å². The van der Waals surface area contributed by atoms with E-state index in [0.717, 1.165) is 44.5 Å². The molecule has 8 aromatic carbocycles. The highest BCUT2D eigenvalue weighted by atomic mass is 15.2. The summed E-state index contributed by atoms with van der Waals surface area (Å²) in [5.74, 6) is 0.635. The van der Waals surface area contributed by atoms with Crippen LogP contribution in [-0.4, -0.2) is 18.9 Å². The molecule has 0 radical (unpaired) electrons. The summed E-state index contributed by atoms with van der Waals surface area (Å²) in [5.41, 5.74) is 14.2. The largest absolute Gasteiger partial charge is 0.309 e. The summed E-state index contributed by atoms with van der Waals surface area (Å²) in [5, 5.41) is 7.21. The first-order chi connectivity index (χ1) is 28.8. The van der Waals surface area contributed by atoms with Gasteiger partial charge in [-0.3, -0.25) is 4.57 Å². The van der Waals surface area contributed by atoms with Crippen LogP contribution in [0.1, 0.15) is 0 Å². The summed E-state index contributed by atoms with van der Waals surface area (Å²) in [4.78, 5) is 10.9. The average molecular weight is 739 g/mol. The molecule has 12 rings (SSSR count). The van der Waals surface area contributed by atoms with E-state index in [2.05, 4.69) is 215 Å². The van der Waals surface area contributed by atoms with Crippen LogP contribution in [0.4, 0.5) is 0 Å².